The van der Waals surface area contributed by atoms with E-state index in [0.717, 1.165) is 5.56 Å². The lowest BCUT2D eigenvalue weighted by Crippen LogP contribution is -2.47. The van der Waals surface area contributed by atoms with Crippen LogP contribution in [0.3, 0.4) is 0 Å². The van der Waals surface area contributed by atoms with Crippen LogP contribution >= 0.6 is 23.2 Å². The molecule has 3 N–H and O–H groups in total. The van der Waals surface area contributed by atoms with Gasteiger partial charge in [0.1, 0.15) is 0 Å². The third kappa shape index (κ3) is 3.60. The van der Waals surface area contributed by atoms with E-state index in [0.29, 0.717) is 10.0 Å². The molecule has 0 radical (unpaired) electrons. The molecule has 0 aromatic heterocycles. The topological polar surface area (TPSA) is 55.1 Å². The SMILES string of the molecule is C[C@H](N)C(=O)NC(C)(C)c1ccc(Cl)c(Cl)c1. The second kappa shape index (κ2) is 5.25. The van der Waals surface area contributed by atoms with Gasteiger partial charge in [0.05, 0.1) is 21.6 Å². The van der Waals surface area contributed by atoms with Gasteiger partial charge in [-0.05, 0) is 38.5 Å². The second-order valence-electron chi connectivity index (χ2n) is 4.53. The van der Waals surface area contributed by atoms with Crippen molar-refractivity contribution in [1.29, 1.82) is 0 Å². The number of rotatable bonds is 3. The van der Waals surface area contributed by atoms with Gasteiger partial charge in [0, 0.05) is 0 Å². The van der Waals surface area contributed by atoms with Crippen molar-refractivity contribution in [1.82, 2.24) is 5.32 Å². The summed E-state index contributed by atoms with van der Waals surface area (Å²) >= 11 is 11.8. The Kier molecular flexibility index (Phi) is 4.42. The summed E-state index contributed by atoms with van der Waals surface area (Å²) < 4.78 is 0. The summed E-state index contributed by atoms with van der Waals surface area (Å²) in [4.78, 5) is 11.6. The van der Waals surface area contributed by atoms with Crippen LogP contribution in [0.2, 0.25) is 10.0 Å². The normalized spacial score (nSPS) is 13.3. The number of nitrogens with one attached hydrogen (secondary N) is 1. The van der Waals surface area contributed by atoms with E-state index in [1.54, 1.807) is 19.1 Å². The van der Waals surface area contributed by atoms with E-state index in [9.17, 15) is 4.79 Å². The summed E-state index contributed by atoms with van der Waals surface area (Å²) in [5.41, 5.74) is 5.85. The van der Waals surface area contributed by atoms with Crippen molar-refractivity contribution in [2.75, 3.05) is 0 Å². The molecule has 3 nitrogen and oxygen atoms in total. The molecular formula is C12H16Cl2N2O. The van der Waals surface area contributed by atoms with E-state index in [4.69, 9.17) is 28.9 Å². The highest BCUT2D eigenvalue weighted by atomic mass is 35.5. The molecule has 17 heavy (non-hydrogen) atoms. The standard InChI is InChI=1S/C12H16Cl2N2O/c1-7(15)11(17)16-12(2,3)8-4-5-9(13)10(14)6-8/h4-7H,15H2,1-3H3,(H,16,17)/t7-/m0/s1. The van der Waals surface area contributed by atoms with E-state index in [1.807, 2.05) is 19.9 Å². The Balaban J connectivity index is 2.96. The van der Waals surface area contributed by atoms with Gasteiger partial charge in [-0.1, -0.05) is 29.3 Å². The molecule has 0 saturated heterocycles. The smallest absolute Gasteiger partial charge is 0.237 e. The highest BCUT2D eigenvalue weighted by Crippen LogP contribution is 2.28. The average Bonchev–Trinajstić information content (AvgIpc) is 2.21. The Morgan fingerprint density at radius 1 is 1.35 bits per heavy atom. The van der Waals surface area contributed by atoms with E-state index < -0.39 is 11.6 Å². The third-order valence-corrected chi connectivity index (χ3v) is 3.23. The number of amides is 1. The molecule has 1 aromatic rings. The summed E-state index contributed by atoms with van der Waals surface area (Å²) in [6, 6.07) is 4.73. The molecule has 94 valence electrons. The molecule has 1 aromatic carbocycles. The van der Waals surface area contributed by atoms with Crippen molar-refractivity contribution in [2.45, 2.75) is 32.4 Å². The van der Waals surface area contributed by atoms with Crippen molar-refractivity contribution >= 4 is 29.1 Å². The minimum atomic E-state index is -0.544. The zero-order chi connectivity index (χ0) is 13.2. The van der Waals surface area contributed by atoms with Crippen molar-refractivity contribution in [3.05, 3.63) is 33.8 Å². The fourth-order valence-corrected chi connectivity index (χ4v) is 1.68. The molecule has 0 unspecified atom stereocenters. The number of benzene rings is 1. The number of hydrogen-bond donors (Lipinski definition) is 2. The monoisotopic (exact) mass is 274 g/mol. The molecule has 0 bridgehead atoms. The quantitative estimate of drug-likeness (QED) is 0.891. The Labute approximate surface area is 111 Å². The highest BCUT2D eigenvalue weighted by Gasteiger charge is 2.24. The summed E-state index contributed by atoms with van der Waals surface area (Å²) in [5, 5.41) is 3.81. The maximum atomic E-state index is 11.6. The summed E-state index contributed by atoms with van der Waals surface area (Å²) in [6.07, 6.45) is 0. The lowest BCUT2D eigenvalue weighted by atomic mass is 9.94. The maximum absolute atomic E-state index is 11.6. The van der Waals surface area contributed by atoms with Crippen LogP contribution < -0.4 is 11.1 Å². The van der Waals surface area contributed by atoms with Crippen molar-refractivity contribution in [3.8, 4) is 0 Å². The Hall–Kier alpha value is -0.770. The molecule has 0 aliphatic carbocycles. The summed E-state index contributed by atoms with van der Waals surface area (Å²) in [6.45, 7) is 5.40. The van der Waals surface area contributed by atoms with E-state index in [1.165, 1.54) is 0 Å². The van der Waals surface area contributed by atoms with Crippen LogP contribution in [0.5, 0.6) is 0 Å². The van der Waals surface area contributed by atoms with Crippen LogP contribution in [0.15, 0.2) is 18.2 Å². The molecule has 5 heteroatoms. The molecular weight excluding hydrogens is 259 g/mol. The minimum Gasteiger partial charge on any atom is -0.346 e. The highest BCUT2D eigenvalue weighted by molar-refractivity contribution is 6.42. The van der Waals surface area contributed by atoms with Crippen LogP contribution in [0.1, 0.15) is 26.3 Å². The van der Waals surface area contributed by atoms with E-state index in [-0.39, 0.29) is 5.91 Å². The fourth-order valence-electron chi connectivity index (χ4n) is 1.38. The molecule has 1 rings (SSSR count). The van der Waals surface area contributed by atoms with Crippen molar-refractivity contribution < 1.29 is 4.79 Å². The van der Waals surface area contributed by atoms with Gasteiger partial charge in [0.25, 0.3) is 0 Å². The number of hydrogen-bond acceptors (Lipinski definition) is 2. The van der Waals surface area contributed by atoms with Crippen molar-refractivity contribution in [3.63, 3.8) is 0 Å². The predicted molar refractivity (Wildman–Crippen MR) is 71.3 cm³/mol. The first-order valence-electron chi connectivity index (χ1n) is 5.27. The van der Waals surface area contributed by atoms with Gasteiger partial charge in [-0.2, -0.15) is 0 Å². The second-order valence-corrected chi connectivity index (χ2v) is 5.35. The van der Waals surface area contributed by atoms with Gasteiger partial charge in [0.15, 0.2) is 0 Å². The molecule has 0 spiro atoms. The zero-order valence-corrected chi connectivity index (χ0v) is 11.6. The number of carbonyl (C=O) groups excluding carboxylic acids is 1. The number of carbonyl (C=O) groups is 1. The lowest BCUT2D eigenvalue weighted by molar-refractivity contribution is -0.123. The van der Waals surface area contributed by atoms with E-state index >= 15 is 0 Å². The Morgan fingerprint density at radius 3 is 2.41 bits per heavy atom. The van der Waals surface area contributed by atoms with Gasteiger partial charge in [-0.3, -0.25) is 4.79 Å². The van der Waals surface area contributed by atoms with Gasteiger partial charge in [-0.15, -0.1) is 0 Å². The molecule has 0 aliphatic rings. The summed E-state index contributed by atoms with van der Waals surface area (Å²) in [7, 11) is 0. The number of halogens is 2. The van der Waals surface area contributed by atoms with Crippen LogP contribution in [-0.2, 0) is 10.3 Å². The van der Waals surface area contributed by atoms with Crippen LogP contribution in [0.25, 0.3) is 0 Å². The molecule has 0 fully saturated rings. The Bertz CT molecular complexity index is 431. The molecule has 0 aliphatic heterocycles. The largest absolute Gasteiger partial charge is 0.346 e. The van der Waals surface area contributed by atoms with Crippen LogP contribution in [0.4, 0.5) is 0 Å². The fraction of sp³-hybridized carbons (Fsp3) is 0.417. The van der Waals surface area contributed by atoms with Gasteiger partial charge in [0.2, 0.25) is 5.91 Å². The van der Waals surface area contributed by atoms with Crippen LogP contribution in [-0.4, -0.2) is 11.9 Å². The molecule has 0 heterocycles. The zero-order valence-electron chi connectivity index (χ0n) is 10.1. The first-order valence-corrected chi connectivity index (χ1v) is 6.03. The third-order valence-electron chi connectivity index (χ3n) is 2.49. The average molecular weight is 275 g/mol. The maximum Gasteiger partial charge on any atom is 0.237 e. The molecule has 0 saturated carbocycles. The molecule has 1 atom stereocenters. The first-order chi connectivity index (χ1) is 7.74. The summed E-state index contributed by atoms with van der Waals surface area (Å²) in [5.74, 6) is -0.207. The van der Waals surface area contributed by atoms with Crippen molar-refractivity contribution in [2.24, 2.45) is 5.73 Å². The first kappa shape index (κ1) is 14.3. The van der Waals surface area contributed by atoms with Gasteiger partial charge >= 0.3 is 0 Å². The molecule has 1 amide bonds. The predicted octanol–water partition coefficient (Wildman–Crippen LogP) is 2.69. The van der Waals surface area contributed by atoms with Gasteiger partial charge in [-0.25, -0.2) is 0 Å². The lowest BCUT2D eigenvalue weighted by Gasteiger charge is -2.28. The minimum absolute atomic E-state index is 0.207. The number of nitrogens with two attached hydrogens (primary N) is 1. The van der Waals surface area contributed by atoms with Crippen LogP contribution in [0, 0.1) is 0 Å². The Morgan fingerprint density at radius 2 is 1.94 bits per heavy atom. The van der Waals surface area contributed by atoms with Gasteiger partial charge < -0.3 is 11.1 Å². The van der Waals surface area contributed by atoms with E-state index in [2.05, 4.69) is 5.32 Å².